The molecular weight excluding hydrogens is 585 g/mol. The lowest BCUT2D eigenvalue weighted by molar-refractivity contribution is 0.543. The zero-order valence-corrected chi connectivity index (χ0v) is 27.2. The van der Waals surface area contributed by atoms with Crippen LogP contribution in [0.2, 0.25) is 0 Å². The summed E-state index contributed by atoms with van der Waals surface area (Å²) in [5.41, 5.74) is 11.9. The molecule has 2 aromatic heterocycles. The van der Waals surface area contributed by atoms with Crippen molar-refractivity contribution in [2.24, 2.45) is 0 Å². The van der Waals surface area contributed by atoms with Crippen molar-refractivity contribution in [3.8, 4) is 22.5 Å². The van der Waals surface area contributed by atoms with Gasteiger partial charge in [0.25, 0.3) is 0 Å². The topological polar surface area (TPSA) is 38.9 Å². The molecule has 0 bridgehead atoms. The molecule has 48 heavy (non-hydrogen) atoms. The molecule has 0 unspecified atom stereocenters. The normalized spacial score (nSPS) is 14.5. The quantitative estimate of drug-likeness (QED) is 0.197. The van der Waals surface area contributed by atoms with Crippen LogP contribution in [0.4, 0.5) is 0 Å². The van der Waals surface area contributed by atoms with Gasteiger partial charge in [0.2, 0.25) is 0 Å². The zero-order valence-electron chi connectivity index (χ0n) is 27.2. The van der Waals surface area contributed by atoms with Crippen LogP contribution in [-0.4, -0.2) is 9.97 Å². The lowest BCUT2D eigenvalue weighted by atomic mass is 9.55. The fourth-order valence-corrected chi connectivity index (χ4v) is 8.05. The van der Waals surface area contributed by atoms with Crippen LogP contribution in [0.15, 0.2) is 156 Å². The third kappa shape index (κ3) is 4.07. The number of aryl methyl sites for hydroxylation is 1. The third-order valence-electron chi connectivity index (χ3n) is 10.4. The van der Waals surface area contributed by atoms with Crippen molar-refractivity contribution in [1.29, 1.82) is 0 Å². The van der Waals surface area contributed by atoms with Crippen LogP contribution >= 0.6 is 0 Å². The van der Waals surface area contributed by atoms with Gasteiger partial charge in [-0.2, -0.15) is 0 Å². The smallest absolute Gasteiger partial charge is 0.149 e. The van der Waals surface area contributed by atoms with Crippen LogP contribution in [0.25, 0.3) is 44.5 Å². The van der Waals surface area contributed by atoms with Crippen molar-refractivity contribution in [3.05, 3.63) is 191 Å². The maximum Gasteiger partial charge on any atom is 0.149 e. The average Bonchev–Trinajstić information content (AvgIpc) is 3.51. The van der Waals surface area contributed by atoms with Crippen LogP contribution in [0.5, 0.6) is 0 Å². The molecule has 1 aliphatic carbocycles. The van der Waals surface area contributed by atoms with Crippen molar-refractivity contribution >= 4 is 21.9 Å². The van der Waals surface area contributed by atoms with Crippen molar-refractivity contribution in [1.82, 2.24) is 9.97 Å². The number of fused-ring (bicyclic) bond motifs is 5. The van der Waals surface area contributed by atoms with Gasteiger partial charge in [-0.15, -0.1) is 0 Å². The minimum Gasteiger partial charge on any atom is -0.456 e. The van der Waals surface area contributed by atoms with E-state index in [0.29, 0.717) is 0 Å². The summed E-state index contributed by atoms with van der Waals surface area (Å²) in [5, 5.41) is 2.21. The van der Waals surface area contributed by atoms with Crippen LogP contribution in [0.3, 0.4) is 0 Å². The van der Waals surface area contributed by atoms with Gasteiger partial charge in [-0.1, -0.05) is 141 Å². The van der Waals surface area contributed by atoms with Gasteiger partial charge in [-0.05, 0) is 64.6 Å². The Bertz CT molecular complexity index is 2460. The first-order valence-electron chi connectivity index (χ1n) is 16.6. The molecule has 0 aliphatic heterocycles. The fourth-order valence-electron chi connectivity index (χ4n) is 8.05. The van der Waals surface area contributed by atoms with E-state index in [-0.39, 0.29) is 5.41 Å². The lowest BCUT2D eigenvalue weighted by Gasteiger charge is -2.47. The second kappa shape index (κ2) is 10.6. The monoisotopic (exact) mass is 618 g/mol. The van der Waals surface area contributed by atoms with Gasteiger partial charge in [0.1, 0.15) is 22.4 Å². The number of para-hydroxylation sites is 1. The number of hydrogen-bond donors (Lipinski definition) is 0. The van der Waals surface area contributed by atoms with Gasteiger partial charge in [-0.3, -0.25) is 0 Å². The summed E-state index contributed by atoms with van der Waals surface area (Å²) in [4.78, 5) is 11.1. The third-order valence-corrected chi connectivity index (χ3v) is 10.4. The summed E-state index contributed by atoms with van der Waals surface area (Å²) in [6, 6.07) is 53.8. The molecule has 3 heteroatoms. The first-order valence-corrected chi connectivity index (χ1v) is 16.6. The van der Waals surface area contributed by atoms with Gasteiger partial charge < -0.3 is 4.42 Å². The molecule has 1 aliphatic rings. The molecule has 0 atom stereocenters. The largest absolute Gasteiger partial charge is 0.456 e. The lowest BCUT2D eigenvalue weighted by Crippen LogP contribution is -2.43. The molecule has 6 aromatic carbocycles. The van der Waals surface area contributed by atoms with Crippen LogP contribution < -0.4 is 0 Å². The Kier molecular flexibility index (Phi) is 6.29. The van der Waals surface area contributed by atoms with Crippen molar-refractivity contribution < 1.29 is 4.42 Å². The SMILES string of the molecule is Cc1ccccc1C1(c2nc(-c3ccccc3)cc(-c3ccc4c(c3)oc3ccccc34)n2)c2ccccc2C(C)(C)c2ccccc21. The van der Waals surface area contributed by atoms with E-state index in [0.717, 1.165) is 50.3 Å². The van der Waals surface area contributed by atoms with E-state index in [2.05, 4.69) is 154 Å². The molecule has 0 saturated carbocycles. The van der Waals surface area contributed by atoms with Crippen LogP contribution in [-0.2, 0) is 10.8 Å². The van der Waals surface area contributed by atoms with E-state index in [1.54, 1.807) is 0 Å². The number of furan rings is 1. The van der Waals surface area contributed by atoms with Gasteiger partial charge in [0.15, 0.2) is 0 Å². The van der Waals surface area contributed by atoms with E-state index < -0.39 is 5.41 Å². The second-order valence-electron chi connectivity index (χ2n) is 13.4. The highest BCUT2D eigenvalue weighted by Gasteiger charge is 2.51. The number of rotatable bonds is 4. The maximum atomic E-state index is 6.35. The van der Waals surface area contributed by atoms with Crippen LogP contribution in [0, 0.1) is 6.92 Å². The molecule has 0 saturated heterocycles. The first-order chi connectivity index (χ1) is 23.5. The molecule has 0 fully saturated rings. The molecular formula is C45H34N2O. The Hall–Kier alpha value is -5.80. The number of nitrogens with zero attached hydrogens (tertiary/aromatic N) is 2. The van der Waals surface area contributed by atoms with Gasteiger partial charge >= 0.3 is 0 Å². The summed E-state index contributed by atoms with van der Waals surface area (Å²) in [6.07, 6.45) is 0. The van der Waals surface area contributed by atoms with Gasteiger partial charge in [-0.25, -0.2) is 9.97 Å². The molecule has 8 aromatic rings. The second-order valence-corrected chi connectivity index (χ2v) is 13.4. The summed E-state index contributed by atoms with van der Waals surface area (Å²) in [7, 11) is 0. The number of hydrogen-bond acceptors (Lipinski definition) is 3. The summed E-state index contributed by atoms with van der Waals surface area (Å²) in [5.74, 6) is 0.758. The predicted molar refractivity (Wildman–Crippen MR) is 195 cm³/mol. The molecule has 9 rings (SSSR count). The number of benzene rings is 6. The molecule has 0 amide bonds. The highest BCUT2D eigenvalue weighted by atomic mass is 16.3. The Labute approximate surface area is 280 Å². The van der Waals surface area contributed by atoms with Crippen molar-refractivity contribution in [3.63, 3.8) is 0 Å². The highest BCUT2D eigenvalue weighted by molar-refractivity contribution is 6.05. The molecule has 0 spiro atoms. The minimum absolute atomic E-state index is 0.217. The van der Waals surface area contributed by atoms with E-state index in [4.69, 9.17) is 14.4 Å². The Morgan fingerprint density at radius 3 is 1.69 bits per heavy atom. The number of aromatic nitrogens is 2. The standard InChI is InChI=1S/C45H34N2O/c1-29-15-7-9-19-34(29)45(37-22-12-10-20-35(37)44(2,3)36-21-11-13-23-38(36)45)43-46-39(30-16-5-4-6-17-30)28-40(47-43)31-25-26-33-32-18-8-14-24-41(32)48-42(33)27-31/h4-28H,1-3H3. The van der Waals surface area contributed by atoms with Gasteiger partial charge in [0.05, 0.1) is 11.4 Å². The van der Waals surface area contributed by atoms with Crippen molar-refractivity contribution in [2.75, 3.05) is 0 Å². The summed E-state index contributed by atoms with van der Waals surface area (Å²) in [6.45, 7) is 6.88. The minimum atomic E-state index is -0.767. The molecule has 2 heterocycles. The van der Waals surface area contributed by atoms with Crippen molar-refractivity contribution in [2.45, 2.75) is 31.6 Å². The van der Waals surface area contributed by atoms with Gasteiger partial charge in [0, 0.05) is 27.3 Å². The predicted octanol–water partition coefficient (Wildman–Crippen LogP) is 11.0. The average molecular weight is 619 g/mol. The first kappa shape index (κ1) is 28.4. The molecule has 230 valence electrons. The van der Waals surface area contributed by atoms with E-state index in [9.17, 15) is 0 Å². The molecule has 0 radical (unpaired) electrons. The molecule has 3 nitrogen and oxygen atoms in total. The summed E-state index contributed by atoms with van der Waals surface area (Å²) < 4.78 is 6.35. The highest BCUT2D eigenvalue weighted by Crippen LogP contribution is 2.56. The Morgan fingerprint density at radius 2 is 1.00 bits per heavy atom. The zero-order chi connectivity index (χ0) is 32.5. The van der Waals surface area contributed by atoms with Crippen LogP contribution in [0.1, 0.15) is 53.1 Å². The van der Waals surface area contributed by atoms with E-state index in [1.807, 2.05) is 18.2 Å². The van der Waals surface area contributed by atoms with E-state index >= 15 is 0 Å². The summed E-state index contributed by atoms with van der Waals surface area (Å²) >= 11 is 0. The fraction of sp³-hybridized carbons (Fsp3) is 0.111. The van der Waals surface area contributed by atoms with E-state index in [1.165, 1.54) is 33.4 Å². The Balaban J connectivity index is 1.41. The maximum absolute atomic E-state index is 6.35. The molecule has 0 N–H and O–H groups in total. The Morgan fingerprint density at radius 1 is 0.458 bits per heavy atom.